The zero-order valence-corrected chi connectivity index (χ0v) is 11.5. The third kappa shape index (κ3) is 3.08. The Morgan fingerprint density at radius 2 is 2.33 bits per heavy atom. The van der Waals surface area contributed by atoms with Crippen LogP contribution in [0.2, 0.25) is 0 Å². The molecule has 0 saturated carbocycles. The van der Waals surface area contributed by atoms with E-state index in [0.717, 1.165) is 30.5 Å². The molecule has 6 heteroatoms. The molecule has 5 nitrogen and oxygen atoms in total. The van der Waals surface area contributed by atoms with Crippen LogP contribution in [0.25, 0.3) is 0 Å². The minimum absolute atomic E-state index is 0.206. The Morgan fingerprint density at radius 3 is 3.06 bits per heavy atom. The number of hydrogen-bond acceptors (Lipinski definition) is 5. The highest BCUT2D eigenvalue weighted by molar-refractivity contribution is 7.09. The van der Waals surface area contributed by atoms with E-state index in [1.54, 1.807) is 18.4 Å². The number of nitrogens with one attached hydrogen (secondary N) is 1. The molecule has 2 heterocycles. The Labute approximate surface area is 111 Å². The molecular formula is C12H18N4OS. The predicted molar refractivity (Wildman–Crippen MR) is 73.1 cm³/mol. The fourth-order valence-corrected chi connectivity index (χ4v) is 2.43. The Bertz CT molecular complexity index is 454. The minimum atomic E-state index is 0.206. The molecule has 18 heavy (non-hydrogen) atoms. The molecule has 0 radical (unpaired) electrons. The van der Waals surface area contributed by atoms with Crippen LogP contribution in [0, 0.1) is 0 Å². The van der Waals surface area contributed by atoms with Crippen molar-refractivity contribution in [3.05, 3.63) is 29.0 Å². The van der Waals surface area contributed by atoms with Gasteiger partial charge in [-0.25, -0.2) is 9.97 Å². The monoisotopic (exact) mass is 266 g/mol. The molecule has 1 N–H and O–H groups in total. The maximum Gasteiger partial charge on any atom is 0.203 e. The van der Waals surface area contributed by atoms with Crippen molar-refractivity contribution in [2.75, 3.05) is 25.6 Å². The van der Waals surface area contributed by atoms with Gasteiger partial charge in [0.1, 0.15) is 5.01 Å². The molecule has 0 spiro atoms. The summed E-state index contributed by atoms with van der Waals surface area (Å²) in [6.07, 6.45) is 6.58. The molecule has 0 fully saturated rings. The van der Waals surface area contributed by atoms with Gasteiger partial charge < -0.3 is 14.6 Å². The molecule has 1 unspecified atom stereocenters. The van der Waals surface area contributed by atoms with Gasteiger partial charge in [-0.15, -0.1) is 11.3 Å². The molecule has 0 aliphatic carbocycles. The number of anilines is 1. The number of nitrogens with zero attached hydrogens (tertiary/aromatic N) is 3. The largest absolute Gasteiger partial charge is 0.385 e. The van der Waals surface area contributed by atoms with Crippen LogP contribution >= 0.6 is 11.3 Å². The van der Waals surface area contributed by atoms with E-state index >= 15 is 0 Å². The second-order valence-electron chi connectivity index (χ2n) is 3.98. The van der Waals surface area contributed by atoms with Gasteiger partial charge >= 0.3 is 0 Å². The molecule has 0 saturated heterocycles. The predicted octanol–water partition coefficient (Wildman–Crippen LogP) is 2.40. The molecule has 0 aliphatic rings. The van der Waals surface area contributed by atoms with Crippen LogP contribution in [0.3, 0.4) is 0 Å². The number of imidazole rings is 1. The molecule has 2 rings (SSSR count). The summed E-state index contributed by atoms with van der Waals surface area (Å²) in [6, 6.07) is 0.206. The SMILES string of the molecule is COCCCNc1nccn1C(C)c1nccs1. The number of aromatic nitrogens is 3. The average Bonchev–Trinajstić information content (AvgIpc) is 3.04. The molecule has 0 aromatic carbocycles. The highest BCUT2D eigenvalue weighted by atomic mass is 32.1. The van der Waals surface area contributed by atoms with Gasteiger partial charge in [-0.2, -0.15) is 0 Å². The van der Waals surface area contributed by atoms with Crippen LogP contribution in [0.5, 0.6) is 0 Å². The van der Waals surface area contributed by atoms with Crippen LogP contribution in [-0.4, -0.2) is 34.8 Å². The molecular weight excluding hydrogens is 248 g/mol. The minimum Gasteiger partial charge on any atom is -0.385 e. The zero-order chi connectivity index (χ0) is 12.8. The number of thiazole rings is 1. The van der Waals surface area contributed by atoms with Crippen molar-refractivity contribution < 1.29 is 4.74 Å². The van der Waals surface area contributed by atoms with Crippen LogP contribution < -0.4 is 5.32 Å². The fourth-order valence-electron chi connectivity index (χ4n) is 1.74. The van der Waals surface area contributed by atoms with E-state index in [4.69, 9.17) is 4.74 Å². The zero-order valence-electron chi connectivity index (χ0n) is 10.7. The van der Waals surface area contributed by atoms with Gasteiger partial charge in [0.2, 0.25) is 5.95 Å². The second-order valence-corrected chi connectivity index (χ2v) is 4.90. The number of methoxy groups -OCH3 is 1. The first-order chi connectivity index (χ1) is 8.83. The third-order valence-corrected chi connectivity index (χ3v) is 3.65. The number of rotatable bonds is 7. The highest BCUT2D eigenvalue weighted by Gasteiger charge is 2.13. The fraction of sp³-hybridized carbons (Fsp3) is 0.500. The lowest BCUT2D eigenvalue weighted by Crippen LogP contribution is -2.13. The van der Waals surface area contributed by atoms with Gasteiger partial charge in [-0.05, 0) is 13.3 Å². The van der Waals surface area contributed by atoms with Crippen molar-refractivity contribution in [2.45, 2.75) is 19.4 Å². The van der Waals surface area contributed by atoms with Crippen molar-refractivity contribution >= 4 is 17.3 Å². The van der Waals surface area contributed by atoms with Crippen molar-refractivity contribution in [2.24, 2.45) is 0 Å². The number of ether oxygens (including phenoxy) is 1. The summed E-state index contributed by atoms with van der Waals surface area (Å²) in [4.78, 5) is 8.68. The summed E-state index contributed by atoms with van der Waals surface area (Å²) < 4.78 is 7.13. The summed E-state index contributed by atoms with van der Waals surface area (Å²) in [5, 5.41) is 6.40. The molecule has 1 atom stereocenters. The van der Waals surface area contributed by atoms with Crippen molar-refractivity contribution in [3.8, 4) is 0 Å². The molecule has 98 valence electrons. The van der Waals surface area contributed by atoms with Crippen molar-refractivity contribution in [1.29, 1.82) is 0 Å². The maximum atomic E-state index is 5.02. The van der Waals surface area contributed by atoms with Gasteiger partial charge in [0, 0.05) is 44.2 Å². The lowest BCUT2D eigenvalue weighted by Gasteiger charge is -2.14. The first-order valence-corrected chi connectivity index (χ1v) is 6.86. The summed E-state index contributed by atoms with van der Waals surface area (Å²) in [5.41, 5.74) is 0. The van der Waals surface area contributed by atoms with Gasteiger partial charge in [-0.3, -0.25) is 0 Å². The normalized spacial score (nSPS) is 12.6. The van der Waals surface area contributed by atoms with E-state index in [1.165, 1.54) is 0 Å². The Balaban J connectivity index is 1.99. The highest BCUT2D eigenvalue weighted by Crippen LogP contribution is 2.22. The first-order valence-electron chi connectivity index (χ1n) is 5.98. The van der Waals surface area contributed by atoms with Crippen molar-refractivity contribution in [3.63, 3.8) is 0 Å². The van der Waals surface area contributed by atoms with Gasteiger partial charge in [0.25, 0.3) is 0 Å². The van der Waals surface area contributed by atoms with Crippen LogP contribution in [0.4, 0.5) is 5.95 Å². The summed E-state index contributed by atoms with van der Waals surface area (Å²) >= 11 is 1.66. The summed E-state index contributed by atoms with van der Waals surface area (Å²) in [6.45, 7) is 3.74. The lowest BCUT2D eigenvalue weighted by molar-refractivity contribution is 0.197. The summed E-state index contributed by atoms with van der Waals surface area (Å²) in [5.74, 6) is 0.883. The van der Waals surface area contributed by atoms with Crippen LogP contribution in [0.15, 0.2) is 24.0 Å². The van der Waals surface area contributed by atoms with Crippen molar-refractivity contribution in [1.82, 2.24) is 14.5 Å². The smallest absolute Gasteiger partial charge is 0.203 e. The third-order valence-electron chi connectivity index (χ3n) is 2.70. The van der Waals surface area contributed by atoms with E-state index in [-0.39, 0.29) is 6.04 Å². The van der Waals surface area contributed by atoms with E-state index in [2.05, 4.69) is 26.8 Å². The van der Waals surface area contributed by atoms with E-state index in [0.29, 0.717) is 0 Å². The Morgan fingerprint density at radius 1 is 1.44 bits per heavy atom. The van der Waals surface area contributed by atoms with E-state index in [1.807, 2.05) is 24.0 Å². The molecule has 0 amide bonds. The molecule has 2 aromatic rings. The molecule has 2 aromatic heterocycles. The van der Waals surface area contributed by atoms with Crippen LogP contribution in [-0.2, 0) is 4.74 Å². The summed E-state index contributed by atoms with van der Waals surface area (Å²) in [7, 11) is 1.71. The van der Waals surface area contributed by atoms with E-state index < -0.39 is 0 Å². The van der Waals surface area contributed by atoms with Gasteiger partial charge in [-0.1, -0.05) is 0 Å². The lowest BCUT2D eigenvalue weighted by atomic mass is 10.3. The van der Waals surface area contributed by atoms with Gasteiger partial charge in [0.05, 0.1) is 6.04 Å². The van der Waals surface area contributed by atoms with Gasteiger partial charge in [0.15, 0.2) is 0 Å². The molecule has 0 bridgehead atoms. The quantitative estimate of drug-likeness (QED) is 0.782. The average molecular weight is 266 g/mol. The standard InChI is InChI=1S/C12H18N4OS/c1-10(11-13-6-9-18-11)16-7-5-15-12(16)14-4-3-8-17-2/h5-7,9-10H,3-4,8H2,1-2H3,(H,14,15). The Hall–Kier alpha value is -1.40. The Kier molecular flexibility index (Phi) is 4.72. The second kappa shape index (κ2) is 6.51. The molecule has 0 aliphatic heterocycles. The van der Waals surface area contributed by atoms with E-state index in [9.17, 15) is 0 Å². The number of hydrogen-bond donors (Lipinski definition) is 1. The topological polar surface area (TPSA) is 52.0 Å². The van der Waals surface area contributed by atoms with Crippen LogP contribution in [0.1, 0.15) is 24.4 Å². The maximum absolute atomic E-state index is 5.02. The first kappa shape index (κ1) is 13.0.